The van der Waals surface area contributed by atoms with Gasteiger partial charge in [0, 0.05) is 21.3 Å². The Labute approximate surface area is 135 Å². The summed E-state index contributed by atoms with van der Waals surface area (Å²) < 4.78 is 1.52. The number of anilines is 1. The Bertz CT molecular complexity index is 782. The predicted molar refractivity (Wildman–Crippen MR) is 83.6 cm³/mol. The van der Waals surface area contributed by atoms with E-state index in [2.05, 4.69) is 20.8 Å². The molecule has 0 aliphatic heterocycles. The van der Waals surface area contributed by atoms with Gasteiger partial charge in [-0.2, -0.15) is 0 Å². The van der Waals surface area contributed by atoms with Crippen LogP contribution in [0.1, 0.15) is 10.4 Å². The summed E-state index contributed by atoms with van der Waals surface area (Å²) in [4.78, 5) is 12.2. The minimum Gasteiger partial charge on any atom is -0.322 e. The van der Waals surface area contributed by atoms with E-state index >= 15 is 0 Å². The van der Waals surface area contributed by atoms with E-state index in [4.69, 9.17) is 23.2 Å². The second-order valence-electron chi connectivity index (χ2n) is 4.41. The molecule has 0 radical (unpaired) electrons. The Morgan fingerprint density at radius 1 is 1.05 bits per heavy atom. The molecule has 0 saturated carbocycles. The largest absolute Gasteiger partial charge is 0.322 e. The maximum Gasteiger partial charge on any atom is 0.255 e. The second kappa shape index (κ2) is 6.13. The smallest absolute Gasteiger partial charge is 0.255 e. The fraction of sp³-hybridized carbons (Fsp3) is 0. The Kier molecular flexibility index (Phi) is 4.04. The van der Waals surface area contributed by atoms with Gasteiger partial charge in [0.25, 0.3) is 5.91 Å². The summed E-state index contributed by atoms with van der Waals surface area (Å²) in [7, 11) is 0. The summed E-state index contributed by atoms with van der Waals surface area (Å²) in [5, 5.41) is 14.5. The molecule has 6 nitrogen and oxygen atoms in total. The number of aromatic nitrogens is 4. The maximum absolute atomic E-state index is 12.2. The van der Waals surface area contributed by atoms with Crippen LogP contribution in [0, 0.1) is 0 Å². The van der Waals surface area contributed by atoms with Gasteiger partial charge in [-0.25, -0.2) is 4.68 Å². The van der Waals surface area contributed by atoms with Crippen molar-refractivity contribution in [1.82, 2.24) is 20.2 Å². The first-order valence-corrected chi connectivity index (χ1v) is 6.98. The highest BCUT2D eigenvalue weighted by Crippen LogP contribution is 2.20. The van der Waals surface area contributed by atoms with Crippen molar-refractivity contribution in [2.75, 3.05) is 5.32 Å². The number of hydrogen-bond acceptors (Lipinski definition) is 4. The van der Waals surface area contributed by atoms with Crippen molar-refractivity contribution in [3.05, 3.63) is 64.4 Å². The number of halogens is 2. The first-order chi connectivity index (χ1) is 10.6. The SMILES string of the molecule is O=C(Nc1ccc(-n2cnnn2)cc1)c1cc(Cl)cc(Cl)c1. The number of carbonyl (C=O) groups is 1. The van der Waals surface area contributed by atoms with Crippen LogP contribution in [-0.4, -0.2) is 26.1 Å². The molecule has 22 heavy (non-hydrogen) atoms. The lowest BCUT2D eigenvalue weighted by Gasteiger charge is -2.07. The van der Waals surface area contributed by atoms with Crippen molar-refractivity contribution in [1.29, 1.82) is 0 Å². The van der Waals surface area contributed by atoms with Crippen LogP contribution in [0.3, 0.4) is 0 Å². The average Bonchev–Trinajstić information content (AvgIpc) is 3.01. The van der Waals surface area contributed by atoms with Gasteiger partial charge in [-0.3, -0.25) is 4.79 Å². The van der Waals surface area contributed by atoms with E-state index in [0.29, 0.717) is 21.3 Å². The summed E-state index contributed by atoms with van der Waals surface area (Å²) in [6, 6.07) is 11.8. The van der Waals surface area contributed by atoms with Crippen LogP contribution in [0.5, 0.6) is 0 Å². The van der Waals surface area contributed by atoms with Gasteiger partial charge in [0.1, 0.15) is 6.33 Å². The van der Waals surface area contributed by atoms with Crippen LogP contribution in [0.15, 0.2) is 48.8 Å². The van der Waals surface area contributed by atoms with E-state index in [1.54, 1.807) is 42.5 Å². The number of nitrogens with one attached hydrogen (secondary N) is 1. The number of nitrogens with zero attached hydrogens (tertiary/aromatic N) is 4. The van der Waals surface area contributed by atoms with E-state index in [9.17, 15) is 4.79 Å². The first-order valence-electron chi connectivity index (χ1n) is 6.23. The minimum absolute atomic E-state index is 0.292. The van der Waals surface area contributed by atoms with Crippen LogP contribution in [0.2, 0.25) is 10.0 Å². The lowest BCUT2D eigenvalue weighted by molar-refractivity contribution is 0.102. The average molecular weight is 334 g/mol. The molecule has 0 aliphatic carbocycles. The molecule has 0 spiro atoms. The molecule has 0 unspecified atom stereocenters. The highest BCUT2D eigenvalue weighted by Gasteiger charge is 2.08. The lowest BCUT2D eigenvalue weighted by atomic mass is 10.2. The third-order valence-corrected chi connectivity index (χ3v) is 3.30. The summed E-state index contributed by atoms with van der Waals surface area (Å²) in [5.41, 5.74) is 1.81. The number of amides is 1. The van der Waals surface area contributed by atoms with E-state index < -0.39 is 0 Å². The zero-order valence-electron chi connectivity index (χ0n) is 11.1. The van der Waals surface area contributed by atoms with Gasteiger partial charge in [0.05, 0.1) is 5.69 Å². The topological polar surface area (TPSA) is 72.7 Å². The third-order valence-electron chi connectivity index (χ3n) is 2.86. The number of tetrazole rings is 1. The quantitative estimate of drug-likeness (QED) is 0.798. The van der Waals surface area contributed by atoms with Crippen molar-refractivity contribution >= 4 is 34.8 Å². The van der Waals surface area contributed by atoms with E-state index in [1.807, 2.05) is 0 Å². The Hall–Kier alpha value is -2.44. The molecule has 1 amide bonds. The number of hydrogen-bond donors (Lipinski definition) is 1. The molecular weight excluding hydrogens is 325 g/mol. The maximum atomic E-state index is 12.2. The van der Waals surface area contributed by atoms with Crippen molar-refractivity contribution in [2.24, 2.45) is 0 Å². The molecule has 8 heteroatoms. The molecule has 0 saturated heterocycles. The zero-order valence-corrected chi connectivity index (χ0v) is 12.6. The highest BCUT2D eigenvalue weighted by molar-refractivity contribution is 6.35. The molecule has 3 rings (SSSR count). The molecule has 0 bridgehead atoms. The standard InChI is InChI=1S/C14H9Cl2N5O/c15-10-5-9(6-11(16)7-10)14(22)18-12-1-3-13(4-2-12)21-8-17-19-20-21/h1-8H,(H,18,22). The van der Waals surface area contributed by atoms with Crippen LogP contribution >= 0.6 is 23.2 Å². The minimum atomic E-state index is -0.292. The van der Waals surface area contributed by atoms with Gasteiger partial charge in [-0.15, -0.1) is 5.10 Å². The van der Waals surface area contributed by atoms with Crippen LogP contribution < -0.4 is 5.32 Å². The van der Waals surface area contributed by atoms with E-state index in [1.165, 1.54) is 11.0 Å². The Morgan fingerprint density at radius 3 is 2.32 bits per heavy atom. The van der Waals surface area contributed by atoms with E-state index in [0.717, 1.165) is 5.69 Å². The van der Waals surface area contributed by atoms with Gasteiger partial charge in [0.15, 0.2) is 0 Å². The predicted octanol–water partition coefficient (Wildman–Crippen LogP) is 3.22. The summed E-state index contributed by atoms with van der Waals surface area (Å²) in [6.45, 7) is 0. The first kappa shape index (κ1) is 14.5. The molecule has 0 atom stereocenters. The van der Waals surface area contributed by atoms with Gasteiger partial charge in [-0.1, -0.05) is 23.2 Å². The van der Waals surface area contributed by atoms with Gasteiger partial charge >= 0.3 is 0 Å². The molecule has 2 aromatic carbocycles. The van der Waals surface area contributed by atoms with Crippen LogP contribution in [0.4, 0.5) is 5.69 Å². The summed E-state index contributed by atoms with van der Waals surface area (Å²) in [5.74, 6) is -0.292. The van der Waals surface area contributed by atoms with E-state index in [-0.39, 0.29) is 5.91 Å². The normalized spacial score (nSPS) is 10.5. The molecule has 1 N–H and O–H groups in total. The molecule has 1 aromatic heterocycles. The van der Waals surface area contributed by atoms with Crippen LogP contribution in [-0.2, 0) is 0 Å². The lowest BCUT2D eigenvalue weighted by Crippen LogP contribution is -2.12. The second-order valence-corrected chi connectivity index (χ2v) is 5.29. The summed E-state index contributed by atoms with van der Waals surface area (Å²) in [6.07, 6.45) is 1.49. The monoisotopic (exact) mass is 333 g/mol. The zero-order chi connectivity index (χ0) is 15.5. The Morgan fingerprint density at radius 2 is 1.73 bits per heavy atom. The molecular formula is C14H9Cl2N5O. The molecule has 0 fully saturated rings. The highest BCUT2D eigenvalue weighted by atomic mass is 35.5. The van der Waals surface area contributed by atoms with Gasteiger partial charge < -0.3 is 5.32 Å². The third kappa shape index (κ3) is 3.24. The number of benzene rings is 2. The van der Waals surface area contributed by atoms with Gasteiger partial charge in [-0.05, 0) is 52.9 Å². The molecule has 3 aromatic rings. The molecule has 110 valence electrons. The van der Waals surface area contributed by atoms with Crippen molar-refractivity contribution < 1.29 is 4.79 Å². The molecule has 0 aliphatic rings. The van der Waals surface area contributed by atoms with Crippen molar-refractivity contribution in [3.63, 3.8) is 0 Å². The van der Waals surface area contributed by atoms with Crippen molar-refractivity contribution in [3.8, 4) is 5.69 Å². The molecule has 1 heterocycles. The van der Waals surface area contributed by atoms with Gasteiger partial charge in [0.2, 0.25) is 0 Å². The Balaban J connectivity index is 1.76. The fourth-order valence-electron chi connectivity index (χ4n) is 1.87. The fourth-order valence-corrected chi connectivity index (χ4v) is 2.39. The summed E-state index contributed by atoms with van der Waals surface area (Å²) >= 11 is 11.8. The number of carbonyl (C=O) groups excluding carboxylic acids is 1. The number of rotatable bonds is 3. The van der Waals surface area contributed by atoms with Crippen LogP contribution in [0.25, 0.3) is 5.69 Å². The van der Waals surface area contributed by atoms with Crippen molar-refractivity contribution in [2.45, 2.75) is 0 Å².